The Labute approximate surface area is 174 Å². The zero-order valence-corrected chi connectivity index (χ0v) is 18.2. The summed E-state index contributed by atoms with van der Waals surface area (Å²) in [6.45, 7) is 7.79. The SMILES string of the molecule is CCCC(=O)Nc1cccc(CN=C(N)NCC2CCCN2CC)c1.I. The summed E-state index contributed by atoms with van der Waals surface area (Å²) in [6.07, 6.45) is 3.85. The first-order valence-electron chi connectivity index (χ1n) is 9.29. The summed E-state index contributed by atoms with van der Waals surface area (Å²) in [5.41, 5.74) is 7.83. The van der Waals surface area contributed by atoms with E-state index in [4.69, 9.17) is 5.73 Å². The quantitative estimate of drug-likeness (QED) is 0.308. The van der Waals surface area contributed by atoms with Gasteiger partial charge >= 0.3 is 0 Å². The lowest BCUT2D eigenvalue weighted by atomic mass is 10.2. The van der Waals surface area contributed by atoms with Crippen molar-refractivity contribution in [3.63, 3.8) is 0 Å². The second-order valence-corrected chi connectivity index (χ2v) is 6.51. The lowest BCUT2D eigenvalue weighted by Gasteiger charge is -2.23. The van der Waals surface area contributed by atoms with Crippen LogP contribution in [0, 0.1) is 0 Å². The van der Waals surface area contributed by atoms with Gasteiger partial charge in [-0.3, -0.25) is 9.69 Å². The molecule has 1 heterocycles. The number of amides is 1. The minimum atomic E-state index is 0. The molecule has 4 N–H and O–H groups in total. The van der Waals surface area contributed by atoms with Crippen LogP contribution in [0.1, 0.15) is 45.1 Å². The molecule has 2 rings (SSSR count). The van der Waals surface area contributed by atoms with Crippen LogP contribution in [-0.2, 0) is 11.3 Å². The van der Waals surface area contributed by atoms with Gasteiger partial charge in [0.2, 0.25) is 5.91 Å². The number of likely N-dealkylation sites (tertiary alicyclic amines) is 1. The van der Waals surface area contributed by atoms with Gasteiger partial charge in [-0.1, -0.05) is 26.0 Å². The highest BCUT2D eigenvalue weighted by molar-refractivity contribution is 14.0. The number of nitrogens with one attached hydrogen (secondary N) is 2. The molecule has 1 amide bonds. The predicted octanol–water partition coefficient (Wildman–Crippen LogP) is 2.93. The highest BCUT2D eigenvalue weighted by atomic mass is 127. The number of carbonyl (C=O) groups is 1. The molecule has 1 unspecified atom stereocenters. The molecule has 1 aromatic carbocycles. The van der Waals surface area contributed by atoms with Crippen LogP contribution in [0.5, 0.6) is 0 Å². The predicted molar refractivity (Wildman–Crippen MR) is 119 cm³/mol. The average molecular weight is 473 g/mol. The molecule has 1 fully saturated rings. The fraction of sp³-hybridized carbons (Fsp3) is 0.579. The molecule has 1 aromatic rings. The number of rotatable bonds is 8. The van der Waals surface area contributed by atoms with Crippen molar-refractivity contribution < 1.29 is 4.79 Å². The molecule has 0 aliphatic carbocycles. The molecule has 26 heavy (non-hydrogen) atoms. The van der Waals surface area contributed by atoms with E-state index < -0.39 is 0 Å². The fourth-order valence-corrected chi connectivity index (χ4v) is 3.20. The number of hydrogen-bond acceptors (Lipinski definition) is 3. The van der Waals surface area contributed by atoms with Crippen molar-refractivity contribution in [2.24, 2.45) is 10.7 Å². The number of hydrogen-bond donors (Lipinski definition) is 3. The second kappa shape index (κ2) is 12.1. The monoisotopic (exact) mass is 473 g/mol. The first-order valence-corrected chi connectivity index (χ1v) is 9.29. The number of guanidine groups is 1. The van der Waals surface area contributed by atoms with E-state index in [1.165, 1.54) is 19.4 Å². The number of carbonyl (C=O) groups excluding carboxylic acids is 1. The Kier molecular flexibility index (Phi) is 10.6. The summed E-state index contributed by atoms with van der Waals surface area (Å²) in [6, 6.07) is 8.30. The van der Waals surface area contributed by atoms with Gasteiger partial charge in [-0.15, -0.1) is 24.0 Å². The van der Waals surface area contributed by atoms with E-state index in [1.54, 1.807) is 0 Å². The maximum atomic E-state index is 11.7. The third kappa shape index (κ3) is 7.49. The zero-order chi connectivity index (χ0) is 18.1. The third-order valence-electron chi connectivity index (χ3n) is 4.54. The van der Waals surface area contributed by atoms with Gasteiger partial charge < -0.3 is 16.4 Å². The van der Waals surface area contributed by atoms with Gasteiger partial charge in [-0.25, -0.2) is 4.99 Å². The molecule has 0 spiro atoms. The summed E-state index contributed by atoms with van der Waals surface area (Å²) in [5, 5.41) is 6.14. The van der Waals surface area contributed by atoms with Crippen molar-refractivity contribution >= 4 is 41.5 Å². The zero-order valence-electron chi connectivity index (χ0n) is 15.8. The maximum Gasteiger partial charge on any atom is 0.224 e. The molecule has 0 radical (unpaired) electrons. The number of nitrogens with two attached hydrogens (primary N) is 1. The lowest BCUT2D eigenvalue weighted by Crippen LogP contribution is -2.42. The molecule has 1 saturated heterocycles. The average Bonchev–Trinajstić information content (AvgIpc) is 3.06. The molecule has 6 nitrogen and oxygen atoms in total. The van der Waals surface area contributed by atoms with Crippen LogP contribution < -0.4 is 16.4 Å². The van der Waals surface area contributed by atoms with Crippen molar-refractivity contribution in [2.45, 2.75) is 52.1 Å². The van der Waals surface area contributed by atoms with Gasteiger partial charge in [0.15, 0.2) is 5.96 Å². The molecule has 7 heteroatoms. The Morgan fingerprint density at radius 2 is 2.19 bits per heavy atom. The van der Waals surface area contributed by atoms with Crippen LogP contribution in [0.15, 0.2) is 29.3 Å². The van der Waals surface area contributed by atoms with Gasteiger partial charge in [0.25, 0.3) is 0 Å². The molecular formula is C19H32IN5O. The Morgan fingerprint density at radius 1 is 1.38 bits per heavy atom. The minimum Gasteiger partial charge on any atom is -0.370 e. The molecule has 0 saturated carbocycles. The van der Waals surface area contributed by atoms with Crippen LogP contribution in [0.4, 0.5) is 5.69 Å². The highest BCUT2D eigenvalue weighted by Gasteiger charge is 2.22. The lowest BCUT2D eigenvalue weighted by molar-refractivity contribution is -0.116. The number of nitrogens with zero attached hydrogens (tertiary/aromatic N) is 2. The molecule has 1 atom stereocenters. The number of benzene rings is 1. The highest BCUT2D eigenvalue weighted by Crippen LogP contribution is 2.15. The Bertz CT molecular complexity index is 593. The smallest absolute Gasteiger partial charge is 0.224 e. The maximum absolute atomic E-state index is 11.7. The van der Waals surface area contributed by atoms with Crippen molar-refractivity contribution in [2.75, 3.05) is 25.0 Å². The topological polar surface area (TPSA) is 82.8 Å². The number of likely N-dealkylation sites (N-methyl/N-ethyl adjacent to an activating group) is 1. The van der Waals surface area contributed by atoms with E-state index in [1.807, 2.05) is 31.2 Å². The summed E-state index contributed by atoms with van der Waals surface area (Å²) >= 11 is 0. The molecule has 0 bridgehead atoms. The Morgan fingerprint density at radius 3 is 2.92 bits per heavy atom. The fourth-order valence-electron chi connectivity index (χ4n) is 3.20. The van der Waals surface area contributed by atoms with Gasteiger partial charge in [0.1, 0.15) is 0 Å². The van der Waals surface area contributed by atoms with E-state index in [0.29, 0.717) is 25.0 Å². The largest absolute Gasteiger partial charge is 0.370 e. The van der Waals surface area contributed by atoms with Gasteiger partial charge in [-0.05, 0) is 50.0 Å². The summed E-state index contributed by atoms with van der Waals surface area (Å²) < 4.78 is 0. The van der Waals surface area contributed by atoms with Crippen LogP contribution in [0.3, 0.4) is 0 Å². The van der Waals surface area contributed by atoms with Crippen LogP contribution in [0.2, 0.25) is 0 Å². The van der Waals surface area contributed by atoms with E-state index in [0.717, 1.165) is 30.8 Å². The second-order valence-electron chi connectivity index (χ2n) is 6.51. The van der Waals surface area contributed by atoms with Crippen molar-refractivity contribution in [1.82, 2.24) is 10.2 Å². The molecule has 1 aliphatic rings. The Hall–Kier alpha value is -1.35. The summed E-state index contributed by atoms with van der Waals surface area (Å²) in [7, 11) is 0. The van der Waals surface area contributed by atoms with Crippen molar-refractivity contribution in [1.29, 1.82) is 0 Å². The molecule has 0 aromatic heterocycles. The van der Waals surface area contributed by atoms with Crippen molar-refractivity contribution in [3.8, 4) is 0 Å². The first kappa shape index (κ1) is 22.7. The standard InChI is InChI=1S/C19H31N5O.HI/c1-3-7-18(25)23-16-9-5-8-15(12-16)13-21-19(20)22-14-17-10-6-11-24(17)4-2;/h5,8-9,12,17H,3-4,6-7,10-11,13-14H2,1-2H3,(H,23,25)(H3,20,21,22);1H. The normalized spacial score (nSPS) is 17.6. The van der Waals surface area contributed by atoms with Gasteiger partial charge in [0.05, 0.1) is 6.54 Å². The number of halogens is 1. The van der Waals surface area contributed by atoms with E-state index in [2.05, 4.69) is 27.4 Å². The van der Waals surface area contributed by atoms with Gasteiger partial charge in [-0.2, -0.15) is 0 Å². The van der Waals surface area contributed by atoms with E-state index in [-0.39, 0.29) is 29.9 Å². The molecular weight excluding hydrogens is 441 g/mol. The number of anilines is 1. The minimum absolute atomic E-state index is 0. The Balaban J connectivity index is 0.00000338. The van der Waals surface area contributed by atoms with Crippen LogP contribution in [-0.4, -0.2) is 42.4 Å². The summed E-state index contributed by atoms with van der Waals surface area (Å²) in [4.78, 5) is 18.6. The molecule has 1 aliphatic heterocycles. The van der Waals surface area contributed by atoms with Gasteiger partial charge in [0, 0.05) is 24.7 Å². The first-order chi connectivity index (χ1) is 12.1. The van der Waals surface area contributed by atoms with E-state index >= 15 is 0 Å². The van der Waals surface area contributed by atoms with E-state index in [9.17, 15) is 4.79 Å². The number of aliphatic imine (C=N–C) groups is 1. The third-order valence-corrected chi connectivity index (χ3v) is 4.54. The molecule has 146 valence electrons. The van der Waals surface area contributed by atoms with Crippen molar-refractivity contribution in [3.05, 3.63) is 29.8 Å². The summed E-state index contributed by atoms with van der Waals surface area (Å²) in [5.74, 6) is 0.518. The van der Waals surface area contributed by atoms with Crippen LogP contribution in [0.25, 0.3) is 0 Å². The van der Waals surface area contributed by atoms with Crippen LogP contribution >= 0.6 is 24.0 Å².